The molecule has 0 saturated heterocycles. The van der Waals surface area contributed by atoms with Crippen molar-refractivity contribution in [1.82, 2.24) is 5.16 Å². The number of ether oxygens (including phenoxy) is 5. The topological polar surface area (TPSA) is 127 Å². The fourth-order valence-electron chi connectivity index (χ4n) is 6.98. The lowest BCUT2D eigenvalue weighted by atomic mass is 10.0. The molecule has 10 nitrogen and oxygen atoms in total. The van der Waals surface area contributed by atoms with E-state index in [4.69, 9.17) is 51.4 Å². The van der Waals surface area contributed by atoms with Crippen molar-refractivity contribution in [3.63, 3.8) is 0 Å². The van der Waals surface area contributed by atoms with Crippen LogP contribution in [0.2, 0.25) is 10.0 Å². The number of phenolic OH excluding ortho intramolecular Hbond substituents is 1. The molecule has 3 heterocycles. The molecule has 2 aliphatic heterocycles. The van der Waals surface area contributed by atoms with Gasteiger partial charge in [0, 0.05) is 11.5 Å². The normalized spacial score (nSPS) is 13.7. The Morgan fingerprint density at radius 2 is 1.26 bits per heavy atom. The Labute approximate surface area is 338 Å². The zero-order valence-electron chi connectivity index (χ0n) is 31.1. The number of rotatable bonds is 7. The zero-order valence-corrected chi connectivity index (χ0v) is 32.6. The molecule has 0 spiro atoms. The zero-order chi connectivity index (χ0) is 39.6. The Balaban J connectivity index is 0.000000192. The molecule has 5 aromatic carbocycles. The van der Waals surface area contributed by atoms with E-state index in [0.29, 0.717) is 61.3 Å². The number of carbonyl (C=O) groups excluding carboxylic acids is 2. The van der Waals surface area contributed by atoms with Crippen LogP contribution in [0.15, 0.2) is 95.5 Å². The number of hydrogen-bond donors (Lipinski definition) is 1. The SMILES string of the molecule is COC(=O)c1ccc2c(c1)Oc1ccc(O)cc1CC2.COC(=O)c1ccc2c(c1)Oc1ccc(OCc3c(-c4c(Cl)cccc4Cl)noc3C3CC3)cc1CC2. The van der Waals surface area contributed by atoms with Gasteiger partial charge in [-0.1, -0.05) is 46.6 Å². The number of esters is 2. The summed E-state index contributed by atoms with van der Waals surface area (Å²) in [6.07, 6.45) is 5.26. The molecule has 1 aromatic heterocycles. The quantitative estimate of drug-likeness (QED) is 0.156. The second kappa shape index (κ2) is 16.3. The van der Waals surface area contributed by atoms with Gasteiger partial charge in [0.05, 0.1) is 41.0 Å². The molecule has 1 fully saturated rings. The number of aromatic nitrogens is 1. The molecule has 0 radical (unpaired) electrons. The number of aryl methyl sites for hydroxylation is 4. The summed E-state index contributed by atoms with van der Waals surface area (Å²) in [7, 11) is 2.72. The fraction of sp³-hybridized carbons (Fsp3) is 0.222. The van der Waals surface area contributed by atoms with Gasteiger partial charge in [0.15, 0.2) is 0 Å². The Kier molecular flexibility index (Phi) is 10.8. The highest BCUT2D eigenvalue weighted by Crippen LogP contribution is 2.46. The largest absolute Gasteiger partial charge is 0.508 e. The van der Waals surface area contributed by atoms with Gasteiger partial charge in [0.1, 0.15) is 52.6 Å². The molecule has 57 heavy (non-hydrogen) atoms. The molecule has 0 bridgehead atoms. The third-order valence-electron chi connectivity index (χ3n) is 10.2. The van der Waals surface area contributed by atoms with Crippen molar-refractivity contribution in [3.05, 3.63) is 146 Å². The molecular formula is C45H37Cl2NO9. The maximum atomic E-state index is 11.9. The molecule has 0 unspecified atom stereocenters. The van der Waals surface area contributed by atoms with E-state index in [1.807, 2.05) is 30.3 Å². The van der Waals surface area contributed by atoms with Crippen LogP contribution in [0.25, 0.3) is 11.3 Å². The van der Waals surface area contributed by atoms with Gasteiger partial charge in [-0.25, -0.2) is 9.59 Å². The van der Waals surface area contributed by atoms with Crippen LogP contribution >= 0.6 is 23.2 Å². The molecular weight excluding hydrogens is 769 g/mol. The molecule has 0 amide bonds. The summed E-state index contributed by atoms with van der Waals surface area (Å²) in [5.74, 6) is 4.12. The van der Waals surface area contributed by atoms with Crippen LogP contribution in [0.5, 0.6) is 34.5 Å². The van der Waals surface area contributed by atoms with Gasteiger partial charge in [-0.05, 0) is 134 Å². The summed E-state index contributed by atoms with van der Waals surface area (Å²) in [6.45, 7) is 0.272. The lowest BCUT2D eigenvalue weighted by Gasteiger charge is -2.13. The monoisotopic (exact) mass is 805 g/mol. The predicted octanol–water partition coefficient (Wildman–Crippen LogP) is 10.9. The molecule has 290 valence electrons. The van der Waals surface area contributed by atoms with Gasteiger partial charge < -0.3 is 33.3 Å². The Morgan fingerprint density at radius 1 is 0.702 bits per heavy atom. The van der Waals surface area contributed by atoms with Gasteiger partial charge in [-0.15, -0.1) is 0 Å². The maximum absolute atomic E-state index is 11.9. The maximum Gasteiger partial charge on any atom is 0.337 e. The van der Waals surface area contributed by atoms with E-state index in [1.165, 1.54) is 14.2 Å². The van der Waals surface area contributed by atoms with Gasteiger partial charge >= 0.3 is 11.9 Å². The van der Waals surface area contributed by atoms with Crippen LogP contribution in [0.4, 0.5) is 0 Å². The summed E-state index contributed by atoms with van der Waals surface area (Å²) in [6, 6.07) is 26.9. The highest BCUT2D eigenvalue weighted by molar-refractivity contribution is 6.39. The van der Waals surface area contributed by atoms with Gasteiger partial charge in [-0.2, -0.15) is 0 Å². The second-order valence-electron chi connectivity index (χ2n) is 13.9. The van der Waals surface area contributed by atoms with Crippen molar-refractivity contribution in [2.45, 2.75) is 51.0 Å². The van der Waals surface area contributed by atoms with Crippen molar-refractivity contribution in [3.8, 4) is 45.8 Å². The highest BCUT2D eigenvalue weighted by Gasteiger charge is 2.34. The molecule has 1 N–H and O–H groups in total. The smallest absolute Gasteiger partial charge is 0.337 e. The van der Waals surface area contributed by atoms with E-state index in [0.717, 1.165) is 77.9 Å². The van der Waals surface area contributed by atoms with Gasteiger partial charge in [0.25, 0.3) is 0 Å². The molecule has 1 saturated carbocycles. The van der Waals surface area contributed by atoms with Crippen LogP contribution in [0.3, 0.4) is 0 Å². The summed E-state index contributed by atoms with van der Waals surface area (Å²) in [5.41, 5.74) is 7.11. The minimum absolute atomic E-state index is 0.230. The summed E-state index contributed by atoms with van der Waals surface area (Å²) >= 11 is 13.0. The lowest BCUT2D eigenvalue weighted by Crippen LogP contribution is -2.02. The number of carbonyl (C=O) groups is 2. The number of nitrogens with zero attached hydrogens (tertiary/aromatic N) is 1. The first-order valence-corrected chi connectivity index (χ1v) is 19.2. The van der Waals surface area contributed by atoms with Gasteiger partial charge in [-0.3, -0.25) is 0 Å². The predicted molar refractivity (Wildman–Crippen MR) is 213 cm³/mol. The number of halogens is 2. The first-order valence-electron chi connectivity index (χ1n) is 18.5. The van der Waals surface area contributed by atoms with Crippen molar-refractivity contribution in [2.24, 2.45) is 0 Å². The number of fused-ring (bicyclic) bond motifs is 4. The molecule has 6 aromatic rings. The van der Waals surface area contributed by atoms with E-state index >= 15 is 0 Å². The first-order chi connectivity index (χ1) is 27.7. The second-order valence-corrected chi connectivity index (χ2v) is 14.7. The van der Waals surface area contributed by atoms with Crippen LogP contribution in [0.1, 0.15) is 73.1 Å². The Morgan fingerprint density at radius 3 is 1.84 bits per heavy atom. The number of phenols is 1. The summed E-state index contributed by atoms with van der Waals surface area (Å²) in [5, 5.41) is 14.9. The molecule has 9 rings (SSSR count). The number of methoxy groups -OCH3 is 2. The lowest BCUT2D eigenvalue weighted by molar-refractivity contribution is 0.0591. The van der Waals surface area contributed by atoms with Crippen LogP contribution in [-0.4, -0.2) is 36.4 Å². The minimum atomic E-state index is -0.392. The third kappa shape index (κ3) is 8.15. The molecule has 3 aliphatic rings. The third-order valence-corrected chi connectivity index (χ3v) is 10.8. The van der Waals surface area contributed by atoms with Crippen LogP contribution in [-0.2, 0) is 41.8 Å². The van der Waals surface area contributed by atoms with Crippen LogP contribution in [0, 0.1) is 0 Å². The summed E-state index contributed by atoms with van der Waals surface area (Å²) < 4.78 is 33.6. The van der Waals surface area contributed by atoms with E-state index in [-0.39, 0.29) is 18.3 Å². The summed E-state index contributed by atoms with van der Waals surface area (Å²) in [4.78, 5) is 23.5. The van der Waals surface area contributed by atoms with Crippen molar-refractivity contribution < 1.29 is 42.9 Å². The van der Waals surface area contributed by atoms with E-state index in [9.17, 15) is 14.7 Å². The average molecular weight is 807 g/mol. The Hall–Kier alpha value is -5.97. The number of aromatic hydroxyl groups is 1. The van der Waals surface area contributed by atoms with Crippen molar-refractivity contribution in [2.75, 3.05) is 14.2 Å². The van der Waals surface area contributed by atoms with E-state index < -0.39 is 5.97 Å². The first kappa shape index (κ1) is 37.9. The Bertz CT molecular complexity index is 2490. The minimum Gasteiger partial charge on any atom is -0.508 e. The average Bonchev–Trinajstić information content (AvgIpc) is 4.04. The van der Waals surface area contributed by atoms with Crippen molar-refractivity contribution >= 4 is 35.1 Å². The fourth-order valence-corrected chi connectivity index (χ4v) is 7.56. The van der Waals surface area contributed by atoms with E-state index in [1.54, 1.807) is 60.7 Å². The molecule has 1 aliphatic carbocycles. The molecule has 12 heteroatoms. The standard InChI is InChI=1S/C29H23Cl2NO5.C16H14O4/c1-34-29(33)19-10-6-16-5-9-18-13-20(11-12-24(18)36-25(16)14-19)35-15-21-27(32-37-28(21)17-7-8-17)26-22(30)3-2-4-23(26)31;1-19-16(18)12-5-3-10-2-4-11-8-13(17)6-7-14(11)20-15(10)9-12/h2-4,6,10-14,17H,5,7-9,15H2,1H3;3,5-9,17H,2,4H2,1H3. The van der Waals surface area contributed by atoms with Crippen LogP contribution < -0.4 is 14.2 Å². The van der Waals surface area contributed by atoms with Crippen molar-refractivity contribution in [1.29, 1.82) is 0 Å². The number of hydrogen-bond acceptors (Lipinski definition) is 10. The van der Waals surface area contributed by atoms with E-state index in [2.05, 4.69) is 5.16 Å². The molecule has 0 atom stereocenters. The highest BCUT2D eigenvalue weighted by atomic mass is 35.5. The van der Waals surface area contributed by atoms with Gasteiger partial charge in [0.2, 0.25) is 0 Å². The number of benzene rings is 5.